The first-order valence-electron chi connectivity index (χ1n) is 7.79. The van der Waals surface area contributed by atoms with E-state index in [0.29, 0.717) is 13.0 Å². The van der Waals surface area contributed by atoms with Crippen molar-refractivity contribution in [2.75, 3.05) is 7.05 Å². The third-order valence-corrected chi connectivity index (χ3v) is 4.86. The molecule has 0 fully saturated rings. The summed E-state index contributed by atoms with van der Waals surface area (Å²) in [4.78, 5) is 19.8. The summed E-state index contributed by atoms with van der Waals surface area (Å²) in [5, 5.41) is 8.17. The molecule has 0 radical (unpaired) electrons. The van der Waals surface area contributed by atoms with Crippen molar-refractivity contribution in [1.29, 1.82) is 0 Å². The molecule has 0 aliphatic heterocycles. The first-order chi connectivity index (χ1) is 11.5. The molecule has 0 saturated carbocycles. The van der Waals surface area contributed by atoms with E-state index >= 15 is 0 Å². The summed E-state index contributed by atoms with van der Waals surface area (Å²) in [6.45, 7) is 4.49. The normalized spacial score (nSPS) is 10.8. The fourth-order valence-corrected chi connectivity index (χ4v) is 3.48. The van der Waals surface area contributed by atoms with Gasteiger partial charge in [0.05, 0.1) is 29.0 Å². The number of H-pyrrole nitrogens is 1. The number of nitrogens with zero attached hydrogens (tertiary/aromatic N) is 3. The summed E-state index contributed by atoms with van der Waals surface area (Å²) in [7, 11) is 1.82. The van der Waals surface area contributed by atoms with Gasteiger partial charge in [0.15, 0.2) is 0 Å². The van der Waals surface area contributed by atoms with E-state index in [2.05, 4.69) is 15.2 Å². The van der Waals surface area contributed by atoms with Crippen LogP contribution in [0, 0.1) is 13.8 Å². The standard InChI is InChI=1S/C18H20N4OS/c1-12-16(20-13(2)24-12)9-17(23)22(3)11-15-10-19-21-18(15)14-7-5-4-6-8-14/h4-8,10H,9,11H2,1-3H3,(H,19,21). The van der Waals surface area contributed by atoms with Crippen LogP contribution >= 0.6 is 11.3 Å². The first kappa shape index (κ1) is 16.4. The molecule has 2 aromatic heterocycles. The molecule has 5 nitrogen and oxygen atoms in total. The number of carbonyl (C=O) groups excluding carboxylic acids is 1. The maximum Gasteiger partial charge on any atom is 0.228 e. The molecule has 3 rings (SSSR count). The molecule has 0 aliphatic carbocycles. The Kier molecular flexibility index (Phi) is 4.76. The molecule has 124 valence electrons. The van der Waals surface area contributed by atoms with Crippen molar-refractivity contribution in [3.63, 3.8) is 0 Å². The summed E-state index contributed by atoms with van der Waals surface area (Å²) >= 11 is 1.63. The third-order valence-electron chi connectivity index (χ3n) is 3.93. The second-order valence-electron chi connectivity index (χ2n) is 5.80. The highest BCUT2D eigenvalue weighted by Crippen LogP contribution is 2.22. The van der Waals surface area contributed by atoms with Crippen molar-refractivity contribution >= 4 is 17.2 Å². The SMILES string of the molecule is Cc1nc(CC(=O)N(C)Cc2cn[nH]c2-c2ccccc2)c(C)s1. The van der Waals surface area contributed by atoms with Crippen molar-refractivity contribution in [2.45, 2.75) is 26.8 Å². The zero-order valence-electron chi connectivity index (χ0n) is 14.0. The van der Waals surface area contributed by atoms with Crippen molar-refractivity contribution in [2.24, 2.45) is 0 Å². The maximum absolute atomic E-state index is 12.5. The average molecular weight is 340 g/mol. The van der Waals surface area contributed by atoms with Crippen molar-refractivity contribution < 1.29 is 4.79 Å². The van der Waals surface area contributed by atoms with Gasteiger partial charge in [0.25, 0.3) is 0 Å². The predicted octanol–water partition coefficient (Wildman–Crippen LogP) is 3.35. The van der Waals surface area contributed by atoms with Crippen molar-refractivity contribution in [1.82, 2.24) is 20.1 Å². The van der Waals surface area contributed by atoms with Crippen LogP contribution in [0.2, 0.25) is 0 Å². The molecule has 3 aromatic rings. The fourth-order valence-electron chi connectivity index (χ4n) is 2.64. The van der Waals surface area contributed by atoms with Crippen LogP contribution in [-0.2, 0) is 17.8 Å². The number of hydrogen-bond donors (Lipinski definition) is 1. The molecule has 0 spiro atoms. The molecule has 2 heterocycles. The number of thiazole rings is 1. The third kappa shape index (κ3) is 3.54. The molecule has 24 heavy (non-hydrogen) atoms. The molecule has 6 heteroatoms. The van der Waals surface area contributed by atoms with E-state index in [4.69, 9.17) is 0 Å². The number of rotatable bonds is 5. The first-order valence-corrected chi connectivity index (χ1v) is 8.60. The second-order valence-corrected chi connectivity index (χ2v) is 7.21. The van der Waals surface area contributed by atoms with E-state index in [1.807, 2.05) is 51.2 Å². The zero-order valence-corrected chi connectivity index (χ0v) is 14.9. The van der Waals surface area contributed by atoms with Gasteiger partial charge in [-0.05, 0) is 19.4 Å². The van der Waals surface area contributed by atoms with Crippen LogP contribution in [0.25, 0.3) is 11.3 Å². The number of amides is 1. The Labute approximate surface area is 145 Å². The highest BCUT2D eigenvalue weighted by atomic mass is 32.1. The van der Waals surface area contributed by atoms with Crippen LogP contribution in [0.3, 0.4) is 0 Å². The molecular weight excluding hydrogens is 320 g/mol. The molecule has 1 amide bonds. The lowest BCUT2D eigenvalue weighted by molar-refractivity contribution is -0.129. The number of likely N-dealkylation sites (N-methyl/N-ethyl adjacent to an activating group) is 1. The molecular formula is C18H20N4OS. The van der Waals surface area contributed by atoms with Gasteiger partial charge in [-0.3, -0.25) is 9.89 Å². The Morgan fingerprint density at radius 1 is 1.25 bits per heavy atom. The van der Waals surface area contributed by atoms with E-state index in [0.717, 1.165) is 32.4 Å². The van der Waals surface area contributed by atoms with E-state index in [9.17, 15) is 4.79 Å². The quantitative estimate of drug-likeness (QED) is 0.775. The van der Waals surface area contributed by atoms with Crippen LogP contribution in [-0.4, -0.2) is 33.0 Å². The highest BCUT2D eigenvalue weighted by Gasteiger charge is 2.16. The van der Waals surface area contributed by atoms with E-state index in [-0.39, 0.29) is 5.91 Å². The summed E-state index contributed by atoms with van der Waals surface area (Å²) in [5.41, 5.74) is 3.90. The fraction of sp³-hybridized carbons (Fsp3) is 0.278. The van der Waals surface area contributed by atoms with Gasteiger partial charge in [0, 0.05) is 24.0 Å². The molecule has 1 aromatic carbocycles. The van der Waals surface area contributed by atoms with Gasteiger partial charge < -0.3 is 4.90 Å². The Balaban J connectivity index is 1.71. The second kappa shape index (κ2) is 6.97. The van der Waals surface area contributed by atoms with Crippen molar-refractivity contribution in [3.8, 4) is 11.3 Å². The Bertz CT molecular complexity index is 838. The number of aromatic nitrogens is 3. The van der Waals surface area contributed by atoms with Gasteiger partial charge in [-0.15, -0.1) is 11.3 Å². The minimum atomic E-state index is 0.0589. The lowest BCUT2D eigenvalue weighted by Crippen LogP contribution is -2.28. The highest BCUT2D eigenvalue weighted by molar-refractivity contribution is 7.11. The largest absolute Gasteiger partial charge is 0.341 e. The topological polar surface area (TPSA) is 61.9 Å². The summed E-state index contributed by atoms with van der Waals surface area (Å²) in [5.74, 6) is 0.0589. The smallest absolute Gasteiger partial charge is 0.228 e. The van der Waals surface area contributed by atoms with Crippen LogP contribution in [0.5, 0.6) is 0 Å². The number of nitrogens with one attached hydrogen (secondary N) is 1. The number of aryl methyl sites for hydroxylation is 2. The number of benzene rings is 1. The van der Waals surface area contributed by atoms with E-state index in [1.54, 1.807) is 22.4 Å². The van der Waals surface area contributed by atoms with Crippen LogP contribution in [0.15, 0.2) is 36.5 Å². The minimum Gasteiger partial charge on any atom is -0.341 e. The predicted molar refractivity (Wildman–Crippen MR) is 95.8 cm³/mol. The van der Waals surface area contributed by atoms with Crippen molar-refractivity contribution in [3.05, 3.63) is 57.7 Å². The summed E-state index contributed by atoms with van der Waals surface area (Å²) < 4.78 is 0. The van der Waals surface area contributed by atoms with Gasteiger partial charge in [-0.2, -0.15) is 5.10 Å². The van der Waals surface area contributed by atoms with E-state index in [1.165, 1.54) is 0 Å². The average Bonchev–Trinajstić information content (AvgIpc) is 3.14. The molecule has 0 bridgehead atoms. The zero-order chi connectivity index (χ0) is 17.1. The van der Waals surface area contributed by atoms with Crippen LogP contribution in [0.1, 0.15) is 21.1 Å². The monoisotopic (exact) mass is 340 g/mol. The lowest BCUT2D eigenvalue weighted by Gasteiger charge is -2.17. The van der Waals surface area contributed by atoms with Gasteiger partial charge in [0.1, 0.15) is 0 Å². The summed E-state index contributed by atoms with van der Waals surface area (Å²) in [6.07, 6.45) is 2.12. The molecule has 0 aliphatic rings. The Morgan fingerprint density at radius 3 is 2.67 bits per heavy atom. The molecule has 1 N–H and O–H groups in total. The molecule has 0 saturated heterocycles. The lowest BCUT2D eigenvalue weighted by atomic mass is 10.1. The van der Waals surface area contributed by atoms with Crippen LogP contribution < -0.4 is 0 Å². The maximum atomic E-state index is 12.5. The molecule has 0 atom stereocenters. The number of aromatic amines is 1. The number of hydrogen-bond acceptors (Lipinski definition) is 4. The minimum absolute atomic E-state index is 0.0589. The van der Waals surface area contributed by atoms with E-state index < -0.39 is 0 Å². The van der Waals surface area contributed by atoms with Crippen LogP contribution in [0.4, 0.5) is 0 Å². The van der Waals surface area contributed by atoms with Gasteiger partial charge in [-0.1, -0.05) is 30.3 Å². The van der Waals surface area contributed by atoms with Gasteiger partial charge in [0.2, 0.25) is 5.91 Å². The van der Waals surface area contributed by atoms with Gasteiger partial charge >= 0.3 is 0 Å². The van der Waals surface area contributed by atoms with Gasteiger partial charge in [-0.25, -0.2) is 4.98 Å². The Hall–Kier alpha value is -2.47. The number of carbonyl (C=O) groups is 1. The summed E-state index contributed by atoms with van der Waals surface area (Å²) in [6, 6.07) is 10.0. The molecule has 0 unspecified atom stereocenters. The Morgan fingerprint density at radius 2 is 2.00 bits per heavy atom.